The average Bonchev–Trinajstić information content (AvgIpc) is 2.12. The molecule has 0 saturated carbocycles. The second kappa shape index (κ2) is 3.09. The second-order valence-corrected chi connectivity index (χ2v) is 3.44. The van der Waals surface area contributed by atoms with Gasteiger partial charge >= 0.3 is 0 Å². The Morgan fingerprint density at radius 1 is 1.46 bits per heavy atom. The van der Waals surface area contributed by atoms with Crippen molar-refractivity contribution in [2.24, 2.45) is 5.73 Å². The van der Waals surface area contributed by atoms with Crippen LogP contribution in [-0.4, -0.2) is 11.2 Å². The third-order valence-corrected chi connectivity index (χ3v) is 2.60. The Bertz CT molecular complexity index is 327. The molecule has 0 saturated heterocycles. The number of nitrogens with two attached hydrogens (primary N) is 1. The summed E-state index contributed by atoms with van der Waals surface area (Å²) in [5.74, 6) is -0.302. The Hall–Kier alpha value is -0.930. The summed E-state index contributed by atoms with van der Waals surface area (Å²) in [6.07, 6.45) is 0.726. The summed E-state index contributed by atoms with van der Waals surface area (Å²) >= 11 is 0. The number of fused-ring (bicyclic) bond motifs is 1. The largest absolute Gasteiger partial charge is 0.391 e. The van der Waals surface area contributed by atoms with Gasteiger partial charge in [-0.1, -0.05) is 12.1 Å². The number of rotatable bonds is 0. The van der Waals surface area contributed by atoms with E-state index in [0.717, 1.165) is 5.56 Å². The third-order valence-electron chi connectivity index (χ3n) is 2.60. The predicted molar refractivity (Wildman–Crippen MR) is 47.7 cm³/mol. The van der Waals surface area contributed by atoms with Crippen molar-refractivity contribution < 1.29 is 9.50 Å². The topological polar surface area (TPSA) is 46.2 Å². The van der Waals surface area contributed by atoms with Crippen molar-refractivity contribution in [1.82, 2.24) is 0 Å². The Kier molecular flexibility index (Phi) is 2.06. The lowest BCUT2D eigenvalue weighted by molar-refractivity contribution is 0.126. The molecule has 2 atom stereocenters. The van der Waals surface area contributed by atoms with Crippen molar-refractivity contribution in [1.29, 1.82) is 0 Å². The molecule has 2 nitrogen and oxygen atoms in total. The molecule has 0 aliphatic heterocycles. The normalized spacial score (nSPS) is 27.0. The summed E-state index contributed by atoms with van der Waals surface area (Å²) in [4.78, 5) is 0. The molecule has 2 rings (SSSR count). The molecule has 1 aromatic rings. The minimum Gasteiger partial charge on any atom is -0.391 e. The highest BCUT2D eigenvalue weighted by Gasteiger charge is 2.27. The first-order valence-electron chi connectivity index (χ1n) is 4.41. The summed E-state index contributed by atoms with van der Waals surface area (Å²) in [5, 5.41) is 9.46. The van der Waals surface area contributed by atoms with Crippen molar-refractivity contribution in [3.8, 4) is 0 Å². The van der Waals surface area contributed by atoms with Gasteiger partial charge in [0.05, 0.1) is 12.1 Å². The monoisotopic (exact) mass is 181 g/mol. The van der Waals surface area contributed by atoms with Crippen LogP contribution in [0, 0.1) is 5.82 Å². The second-order valence-electron chi connectivity index (χ2n) is 3.44. The molecule has 3 heteroatoms. The third kappa shape index (κ3) is 1.34. The van der Waals surface area contributed by atoms with E-state index in [2.05, 4.69) is 0 Å². The van der Waals surface area contributed by atoms with Gasteiger partial charge in [0.2, 0.25) is 0 Å². The van der Waals surface area contributed by atoms with E-state index in [1.807, 2.05) is 6.07 Å². The van der Waals surface area contributed by atoms with Crippen LogP contribution in [0.2, 0.25) is 0 Å². The van der Waals surface area contributed by atoms with Gasteiger partial charge < -0.3 is 10.8 Å². The lowest BCUT2D eigenvalue weighted by Gasteiger charge is -2.27. The van der Waals surface area contributed by atoms with Gasteiger partial charge in [-0.3, -0.25) is 0 Å². The number of aliphatic hydroxyl groups excluding tert-OH is 1. The smallest absolute Gasteiger partial charge is 0.128 e. The van der Waals surface area contributed by atoms with E-state index in [0.29, 0.717) is 18.4 Å². The maximum Gasteiger partial charge on any atom is 0.128 e. The van der Waals surface area contributed by atoms with Crippen LogP contribution >= 0.6 is 0 Å². The highest BCUT2D eigenvalue weighted by molar-refractivity contribution is 5.34. The van der Waals surface area contributed by atoms with Gasteiger partial charge in [-0.25, -0.2) is 4.39 Å². The van der Waals surface area contributed by atoms with Gasteiger partial charge in [0, 0.05) is 5.56 Å². The van der Waals surface area contributed by atoms with Gasteiger partial charge in [-0.15, -0.1) is 0 Å². The molecule has 3 N–H and O–H groups in total. The fourth-order valence-electron chi connectivity index (χ4n) is 1.85. The molecule has 0 spiro atoms. The molecule has 0 heterocycles. The quantitative estimate of drug-likeness (QED) is 0.630. The van der Waals surface area contributed by atoms with E-state index in [-0.39, 0.29) is 5.82 Å². The van der Waals surface area contributed by atoms with Crippen molar-refractivity contribution in [2.75, 3.05) is 0 Å². The summed E-state index contributed by atoms with van der Waals surface area (Å²) in [5.41, 5.74) is 7.12. The number of benzene rings is 1. The van der Waals surface area contributed by atoms with Crippen LogP contribution in [0.3, 0.4) is 0 Å². The van der Waals surface area contributed by atoms with Crippen LogP contribution in [0.25, 0.3) is 0 Å². The average molecular weight is 181 g/mol. The van der Waals surface area contributed by atoms with E-state index in [1.165, 1.54) is 6.07 Å². The molecule has 0 bridgehead atoms. The summed E-state index contributed by atoms with van der Waals surface area (Å²) < 4.78 is 13.3. The van der Waals surface area contributed by atoms with Gasteiger partial charge in [0.15, 0.2) is 0 Å². The molecule has 13 heavy (non-hydrogen) atoms. The van der Waals surface area contributed by atoms with Gasteiger partial charge in [-0.2, -0.15) is 0 Å². The number of halogens is 1. The standard InChI is InChI=1S/C10H12FNO/c11-7-3-1-2-6-4-5-8(13)10(12)9(6)7/h1-3,8,10,13H,4-5,12H2/t8-,10+/m0/s1. The van der Waals surface area contributed by atoms with Crippen molar-refractivity contribution >= 4 is 0 Å². The summed E-state index contributed by atoms with van der Waals surface area (Å²) in [7, 11) is 0. The van der Waals surface area contributed by atoms with Crippen LogP contribution in [0.5, 0.6) is 0 Å². The van der Waals surface area contributed by atoms with Crippen molar-refractivity contribution in [3.63, 3.8) is 0 Å². The first-order chi connectivity index (χ1) is 6.20. The Morgan fingerprint density at radius 2 is 2.23 bits per heavy atom. The molecule has 1 aliphatic carbocycles. The zero-order valence-electron chi connectivity index (χ0n) is 7.20. The zero-order valence-corrected chi connectivity index (χ0v) is 7.20. The van der Waals surface area contributed by atoms with Crippen LogP contribution in [0.15, 0.2) is 18.2 Å². The van der Waals surface area contributed by atoms with Gasteiger partial charge in [0.1, 0.15) is 5.82 Å². The number of hydrogen-bond acceptors (Lipinski definition) is 2. The Morgan fingerprint density at radius 3 is 3.00 bits per heavy atom. The molecule has 0 fully saturated rings. The fourth-order valence-corrected chi connectivity index (χ4v) is 1.85. The van der Waals surface area contributed by atoms with Crippen molar-refractivity contribution in [2.45, 2.75) is 25.0 Å². The number of aliphatic hydroxyl groups is 1. The highest BCUT2D eigenvalue weighted by Crippen LogP contribution is 2.29. The molecular formula is C10H12FNO. The predicted octanol–water partition coefficient (Wildman–Crippen LogP) is 1.13. The van der Waals surface area contributed by atoms with Gasteiger partial charge in [0.25, 0.3) is 0 Å². The molecule has 1 aliphatic rings. The molecule has 70 valence electrons. The molecule has 0 unspecified atom stereocenters. The maximum absolute atomic E-state index is 13.3. The Labute approximate surface area is 76.2 Å². The van der Waals surface area contributed by atoms with Crippen LogP contribution in [0.4, 0.5) is 4.39 Å². The summed E-state index contributed by atoms with van der Waals surface area (Å²) in [6.45, 7) is 0. The van der Waals surface area contributed by atoms with E-state index >= 15 is 0 Å². The van der Waals surface area contributed by atoms with Crippen LogP contribution in [0.1, 0.15) is 23.6 Å². The SMILES string of the molecule is N[C@H]1c2c(F)cccc2CC[C@@H]1O. The van der Waals surface area contributed by atoms with Crippen LogP contribution < -0.4 is 5.73 Å². The van der Waals surface area contributed by atoms with Gasteiger partial charge in [-0.05, 0) is 24.5 Å². The van der Waals surface area contributed by atoms with Crippen molar-refractivity contribution in [3.05, 3.63) is 35.1 Å². The number of hydrogen-bond donors (Lipinski definition) is 2. The van der Waals surface area contributed by atoms with E-state index < -0.39 is 12.1 Å². The molecule has 1 aromatic carbocycles. The fraction of sp³-hybridized carbons (Fsp3) is 0.400. The Balaban J connectivity index is 2.51. The highest BCUT2D eigenvalue weighted by atomic mass is 19.1. The first kappa shape index (κ1) is 8.66. The molecule has 0 aromatic heterocycles. The van der Waals surface area contributed by atoms with E-state index in [1.54, 1.807) is 6.07 Å². The number of aryl methyl sites for hydroxylation is 1. The maximum atomic E-state index is 13.3. The minimum absolute atomic E-state index is 0.302. The lowest BCUT2D eigenvalue weighted by atomic mass is 9.86. The minimum atomic E-state index is -0.607. The van der Waals surface area contributed by atoms with Crippen LogP contribution in [-0.2, 0) is 6.42 Å². The molecule has 0 amide bonds. The summed E-state index contributed by atoms with van der Waals surface area (Å²) in [6, 6.07) is 4.37. The lowest BCUT2D eigenvalue weighted by Crippen LogP contribution is -2.32. The zero-order chi connectivity index (χ0) is 9.42. The molecule has 0 radical (unpaired) electrons. The van der Waals surface area contributed by atoms with E-state index in [9.17, 15) is 9.50 Å². The first-order valence-corrected chi connectivity index (χ1v) is 4.41. The molecular weight excluding hydrogens is 169 g/mol. The van der Waals surface area contributed by atoms with E-state index in [4.69, 9.17) is 5.73 Å².